The molecule has 0 N–H and O–H groups in total. The molecule has 0 aliphatic rings. The van der Waals surface area contributed by atoms with Crippen LogP contribution in [-0.4, -0.2) is 19.5 Å². The van der Waals surface area contributed by atoms with E-state index in [1.54, 1.807) is 16.7 Å². The lowest BCUT2D eigenvalue weighted by molar-refractivity contribution is 0.670. The van der Waals surface area contributed by atoms with E-state index in [1.807, 2.05) is 97.1 Å². The first kappa shape index (κ1) is 31.0. The Morgan fingerprint density at radius 3 is 1.74 bits per heavy atom. The highest BCUT2D eigenvalue weighted by Crippen LogP contribution is 2.40. The summed E-state index contributed by atoms with van der Waals surface area (Å²) in [7, 11) is 0. The second-order valence-electron chi connectivity index (χ2n) is 16.2. The molecular weight excluding hydrogens is 805 g/mol. The van der Waals surface area contributed by atoms with Gasteiger partial charge in [-0.15, -0.1) is 0 Å². The van der Waals surface area contributed by atoms with Crippen LogP contribution in [0.25, 0.3) is 128 Å². The van der Waals surface area contributed by atoms with Gasteiger partial charge in [-0.2, -0.15) is 0 Å². The molecule has 0 spiro atoms. The molecule has 3 aromatic heterocycles. The van der Waals surface area contributed by atoms with Crippen molar-refractivity contribution in [3.63, 3.8) is 0 Å². The molecule has 13 rings (SSSR count). The average molecular weight is 850 g/mol. The molecule has 13 aromatic rings. The highest BCUT2D eigenvalue weighted by Gasteiger charge is 2.20. The third-order valence-electron chi connectivity index (χ3n) is 12.3. The maximum atomic E-state index is 9.23. The normalized spacial score (nSPS) is 13.1. The number of hydrogen-bond acceptors (Lipinski definition) is 4. The van der Waals surface area contributed by atoms with Crippen molar-refractivity contribution in [2.24, 2.45) is 0 Å². The van der Waals surface area contributed by atoms with E-state index in [1.165, 1.54) is 6.07 Å². The Bertz CT molecular complexity index is 4420. The van der Waals surface area contributed by atoms with Crippen LogP contribution < -0.4 is 0 Å². The fourth-order valence-electron chi connectivity index (χ4n) is 9.18. The number of aromatic nitrogens is 4. The zero-order valence-electron chi connectivity index (χ0n) is 42.1. The number of para-hydroxylation sites is 4. The van der Waals surface area contributed by atoms with Gasteiger partial charge in [0.05, 0.1) is 26.3 Å². The molecule has 0 aliphatic heterocycles. The first-order chi connectivity index (χ1) is 35.6. The summed E-state index contributed by atoms with van der Waals surface area (Å²) in [6, 6.07) is 59.8. The molecule has 0 aliphatic carbocycles. The molecule has 0 fully saturated rings. The molecule has 0 unspecified atom stereocenters. The quantitative estimate of drug-likeness (QED) is 0.160. The second-order valence-corrected chi connectivity index (χ2v) is 16.2. The van der Waals surface area contributed by atoms with Gasteiger partial charge in [-0.3, -0.25) is 0 Å². The van der Waals surface area contributed by atoms with Gasteiger partial charge in [0, 0.05) is 43.8 Å². The van der Waals surface area contributed by atoms with E-state index >= 15 is 0 Å². The van der Waals surface area contributed by atoms with Crippen molar-refractivity contribution in [1.82, 2.24) is 19.5 Å². The fourth-order valence-corrected chi connectivity index (χ4v) is 9.18. The minimum Gasteiger partial charge on any atom is -0.455 e. The summed E-state index contributed by atoms with van der Waals surface area (Å²) in [5.74, 6) is 1.03. The lowest BCUT2D eigenvalue weighted by Gasteiger charge is -2.15. The number of hydrogen-bond donors (Lipinski definition) is 0. The van der Waals surface area contributed by atoms with Gasteiger partial charge >= 0.3 is 0 Å². The summed E-state index contributed by atoms with van der Waals surface area (Å²) in [5, 5.41) is 4.18. The van der Waals surface area contributed by atoms with Crippen LogP contribution in [0.15, 0.2) is 235 Å². The van der Waals surface area contributed by atoms with Crippen molar-refractivity contribution in [1.29, 1.82) is 0 Å². The lowest BCUT2D eigenvalue weighted by atomic mass is 9.99. The molecule has 0 saturated carbocycles. The summed E-state index contributed by atoms with van der Waals surface area (Å²) < 4.78 is 70.6. The van der Waals surface area contributed by atoms with Crippen LogP contribution >= 0.6 is 0 Å². The standard InChI is InChI=1S/C61H38N4O/c1-3-15-39(16-4-1)41-29-30-43-36-47(32-31-42(43)35-41)60-62-59(63-61(64-60)52-23-9-12-28-56(52)65-54-26-10-7-21-49(54)50-22-8-11-27-55(50)65)46-20-13-19-45(37-46)48-24-14-25-51-53-38-44(40-17-5-2-6-18-40)33-34-57(53)66-58(48)51/h1-38H/i7D,8D,10D,21D,22D,26D,27D. The maximum absolute atomic E-state index is 9.23. The van der Waals surface area contributed by atoms with E-state index in [-0.39, 0.29) is 57.8 Å². The average Bonchev–Trinajstić information content (AvgIpc) is 4.01. The zero-order chi connectivity index (χ0) is 49.6. The summed E-state index contributed by atoms with van der Waals surface area (Å²) in [5.41, 5.74) is 10.3. The van der Waals surface area contributed by atoms with E-state index in [0.717, 1.165) is 71.7 Å². The Morgan fingerprint density at radius 2 is 0.939 bits per heavy atom. The fraction of sp³-hybridized carbons (Fsp3) is 0. The van der Waals surface area contributed by atoms with Gasteiger partial charge in [-0.1, -0.05) is 176 Å². The Morgan fingerprint density at radius 1 is 0.364 bits per heavy atom. The molecule has 5 nitrogen and oxygen atoms in total. The van der Waals surface area contributed by atoms with Crippen molar-refractivity contribution in [2.75, 3.05) is 0 Å². The minimum absolute atomic E-state index is 0.0555. The van der Waals surface area contributed by atoms with Gasteiger partial charge in [0.1, 0.15) is 11.2 Å². The highest BCUT2D eigenvalue weighted by molar-refractivity contribution is 6.11. The second kappa shape index (κ2) is 15.4. The predicted molar refractivity (Wildman–Crippen MR) is 272 cm³/mol. The summed E-state index contributed by atoms with van der Waals surface area (Å²) >= 11 is 0. The van der Waals surface area contributed by atoms with Crippen LogP contribution in [0, 0.1) is 0 Å². The van der Waals surface area contributed by atoms with Gasteiger partial charge in [0.2, 0.25) is 0 Å². The summed E-state index contributed by atoms with van der Waals surface area (Å²) in [6.45, 7) is 0. The van der Waals surface area contributed by atoms with Crippen molar-refractivity contribution >= 4 is 54.5 Å². The Hall–Kier alpha value is -8.93. The molecule has 0 amide bonds. The van der Waals surface area contributed by atoms with E-state index < -0.39 is 12.1 Å². The third-order valence-corrected chi connectivity index (χ3v) is 12.3. The number of fused-ring (bicyclic) bond motifs is 7. The Balaban J connectivity index is 1.02. The molecule has 0 atom stereocenters. The van der Waals surface area contributed by atoms with Crippen molar-refractivity contribution in [3.05, 3.63) is 230 Å². The lowest BCUT2D eigenvalue weighted by Crippen LogP contribution is -2.03. The molecule has 0 saturated heterocycles. The zero-order valence-corrected chi connectivity index (χ0v) is 35.1. The van der Waals surface area contributed by atoms with Gasteiger partial charge < -0.3 is 8.98 Å². The summed E-state index contributed by atoms with van der Waals surface area (Å²) in [6.07, 6.45) is 0. The van der Waals surface area contributed by atoms with E-state index in [2.05, 4.69) is 72.8 Å². The Labute approximate surface area is 390 Å². The first-order valence-electron chi connectivity index (χ1n) is 25.2. The molecule has 66 heavy (non-hydrogen) atoms. The van der Waals surface area contributed by atoms with Crippen LogP contribution in [0.2, 0.25) is 0 Å². The van der Waals surface area contributed by atoms with Crippen molar-refractivity contribution in [2.45, 2.75) is 0 Å². The number of furan rings is 1. The SMILES string of the molecule is [2H]c1cc([2H])c2c(c1[2H])c1c([2H])c([2H])c([2H])c([2H])c1n2-c1ccccc1-c1nc(-c2cccc(-c3cccc4c3oc3ccc(-c5ccccc5)cc34)c2)nc(-c2ccc3cc(-c4ccccc4)ccc3c2)n1. The molecule has 0 radical (unpaired) electrons. The first-order valence-corrected chi connectivity index (χ1v) is 21.7. The molecule has 3 heterocycles. The predicted octanol–water partition coefficient (Wildman–Crippen LogP) is 16.0. The van der Waals surface area contributed by atoms with Gasteiger partial charge in [-0.25, -0.2) is 15.0 Å². The summed E-state index contributed by atoms with van der Waals surface area (Å²) in [4.78, 5) is 15.6. The van der Waals surface area contributed by atoms with Crippen LogP contribution in [0.5, 0.6) is 0 Å². The van der Waals surface area contributed by atoms with Crippen LogP contribution in [0.4, 0.5) is 0 Å². The van der Waals surface area contributed by atoms with Crippen molar-refractivity contribution < 1.29 is 14.0 Å². The van der Waals surface area contributed by atoms with Crippen LogP contribution in [0.1, 0.15) is 9.60 Å². The number of benzene rings is 10. The van der Waals surface area contributed by atoms with Gasteiger partial charge in [0.25, 0.3) is 0 Å². The van der Waals surface area contributed by atoms with Crippen LogP contribution in [0.3, 0.4) is 0 Å². The molecular formula is C61H38N4O. The highest BCUT2D eigenvalue weighted by atomic mass is 16.3. The number of nitrogens with zero attached hydrogens (tertiary/aromatic N) is 4. The maximum Gasteiger partial charge on any atom is 0.166 e. The number of rotatable bonds is 7. The Kier molecular flexibility index (Phi) is 7.24. The minimum atomic E-state index is -0.472. The molecule has 10 aromatic carbocycles. The van der Waals surface area contributed by atoms with Gasteiger partial charge in [0.15, 0.2) is 17.5 Å². The smallest absolute Gasteiger partial charge is 0.166 e. The monoisotopic (exact) mass is 849 g/mol. The molecule has 308 valence electrons. The molecule has 0 bridgehead atoms. The van der Waals surface area contributed by atoms with E-state index in [4.69, 9.17) is 26.2 Å². The topological polar surface area (TPSA) is 56.7 Å². The van der Waals surface area contributed by atoms with Gasteiger partial charge in [-0.05, 0) is 93.1 Å². The van der Waals surface area contributed by atoms with Crippen molar-refractivity contribution in [3.8, 4) is 73.2 Å². The van der Waals surface area contributed by atoms with E-state index in [9.17, 15) is 2.74 Å². The van der Waals surface area contributed by atoms with E-state index in [0.29, 0.717) is 28.5 Å². The largest absolute Gasteiger partial charge is 0.455 e. The molecule has 5 heteroatoms. The van der Waals surface area contributed by atoms with Crippen LogP contribution in [-0.2, 0) is 0 Å². The third kappa shape index (κ3) is 6.36.